The maximum absolute atomic E-state index is 12.2. The van der Waals surface area contributed by atoms with Gasteiger partial charge in [-0.05, 0) is 50.1 Å². The Kier molecular flexibility index (Phi) is 4.45. The smallest absolute Gasteiger partial charge is 0.251 e. The van der Waals surface area contributed by atoms with E-state index in [0.717, 1.165) is 24.2 Å². The highest BCUT2D eigenvalue weighted by atomic mass is 16.3. The summed E-state index contributed by atoms with van der Waals surface area (Å²) in [6.07, 6.45) is 3.31. The minimum Gasteiger partial charge on any atom is -0.469 e. The van der Waals surface area contributed by atoms with Crippen LogP contribution in [0.25, 0.3) is 0 Å². The molecule has 1 aromatic carbocycles. The summed E-state index contributed by atoms with van der Waals surface area (Å²) in [5.74, 6) is 0.855. The molecule has 0 aliphatic heterocycles. The van der Waals surface area contributed by atoms with E-state index in [-0.39, 0.29) is 11.9 Å². The summed E-state index contributed by atoms with van der Waals surface area (Å²) < 4.78 is 5.28. The molecular weight excluding hydrogens is 252 g/mol. The lowest BCUT2D eigenvalue weighted by Crippen LogP contribution is -2.33. The second-order valence-electron chi connectivity index (χ2n) is 5.01. The van der Waals surface area contributed by atoms with Gasteiger partial charge in [0.05, 0.1) is 6.26 Å². The molecule has 1 heterocycles. The van der Waals surface area contributed by atoms with Gasteiger partial charge in [-0.3, -0.25) is 4.79 Å². The number of amides is 1. The van der Waals surface area contributed by atoms with Crippen molar-refractivity contribution in [3.8, 4) is 0 Å². The zero-order valence-corrected chi connectivity index (χ0v) is 11.8. The zero-order valence-electron chi connectivity index (χ0n) is 11.8. The van der Waals surface area contributed by atoms with Gasteiger partial charge in [0.25, 0.3) is 5.91 Å². The first kappa shape index (κ1) is 14.2. The first-order valence-corrected chi connectivity index (χ1v) is 6.76. The fourth-order valence-corrected chi connectivity index (χ4v) is 2.09. The lowest BCUT2D eigenvalue weighted by molar-refractivity contribution is 0.0937. The van der Waals surface area contributed by atoms with E-state index in [1.165, 1.54) is 0 Å². The molecule has 1 aromatic heterocycles. The van der Waals surface area contributed by atoms with E-state index in [0.29, 0.717) is 11.3 Å². The third-order valence-electron chi connectivity index (χ3n) is 3.40. The molecular formula is C16H20N2O2. The van der Waals surface area contributed by atoms with Crippen molar-refractivity contribution in [2.24, 2.45) is 0 Å². The largest absolute Gasteiger partial charge is 0.469 e. The van der Waals surface area contributed by atoms with Crippen LogP contribution < -0.4 is 11.1 Å². The van der Waals surface area contributed by atoms with Crippen molar-refractivity contribution in [3.63, 3.8) is 0 Å². The van der Waals surface area contributed by atoms with Crippen LogP contribution in [-0.2, 0) is 6.42 Å². The van der Waals surface area contributed by atoms with Crippen LogP contribution in [-0.4, -0.2) is 11.9 Å². The predicted octanol–water partition coefficient (Wildman–Crippen LogP) is 2.92. The number of carbonyl (C=O) groups excluding carboxylic acids is 1. The van der Waals surface area contributed by atoms with E-state index in [1.54, 1.807) is 24.5 Å². The van der Waals surface area contributed by atoms with Gasteiger partial charge in [-0.25, -0.2) is 0 Å². The number of anilines is 1. The summed E-state index contributed by atoms with van der Waals surface area (Å²) in [4.78, 5) is 12.2. The predicted molar refractivity (Wildman–Crippen MR) is 79.5 cm³/mol. The summed E-state index contributed by atoms with van der Waals surface area (Å²) in [6, 6.07) is 9.27. The highest BCUT2D eigenvalue weighted by Gasteiger charge is 2.13. The highest BCUT2D eigenvalue weighted by molar-refractivity contribution is 5.97. The summed E-state index contributed by atoms with van der Waals surface area (Å²) in [5, 5.41) is 2.99. The van der Waals surface area contributed by atoms with Gasteiger partial charge in [-0.1, -0.05) is 6.07 Å². The van der Waals surface area contributed by atoms with Gasteiger partial charge in [0, 0.05) is 23.7 Å². The van der Waals surface area contributed by atoms with Crippen molar-refractivity contribution in [2.75, 3.05) is 5.73 Å². The van der Waals surface area contributed by atoms with Crippen molar-refractivity contribution < 1.29 is 9.21 Å². The Hall–Kier alpha value is -2.23. The first-order valence-electron chi connectivity index (χ1n) is 6.76. The van der Waals surface area contributed by atoms with Crippen molar-refractivity contribution in [3.05, 3.63) is 53.5 Å². The molecule has 1 amide bonds. The van der Waals surface area contributed by atoms with Gasteiger partial charge in [0.15, 0.2) is 0 Å². The molecule has 0 bridgehead atoms. The molecule has 0 saturated heterocycles. The minimum atomic E-state index is -0.0817. The number of aryl methyl sites for hydroxylation is 1. The number of nitrogens with two attached hydrogens (primary N) is 1. The molecule has 4 heteroatoms. The molecule has 1 unspecified atom stereocenters. The standard InChI is InChI=1S/C16H20N2O2/c1-11(8-9-13-5-4-10-20-13)18-16(19)14-6-3-7-15(17)12(14)2/h3-7,10-11H,8-9,17H2,1-2H3,(H,18,19). The molecule has 2 rings (SSSR count). The minimum absolute atomic E-state index is 0.0773. The number of furan rings is 1. The maximum Gasteiger partial charge on any atom is 0.251 e. The van der Waals surface area contributed by atoms with Crippen molar-refractivity contribution in [1.29, 1.82) is 0 Å². The van der Waals surface area contributed by atoms with E-state index < -0.39 is 0 Å². The van der Waals surface area contributed by atoms with E-state index in [2.05, 4.69) is 5.32 Å². The summed E-state index contributed by atoms with van der Waals surface area (Å²) in [5.41, 5.74) is 7.92. The lowest BCUT2D eigenvalue weighted by atomic mass is 10.1. The lowest BCUT2D eigenvalue weighted by Gasteiger charge is -2.15. The second-order valence-corrected chi connectivity index (χ2v) is 5.01. The van der Waals surface area contributed by atoms with Crippen LogP contribution in [0, 0.1) is 6.92 Å². The Balaban J connectivity index is 1.92. The molecule has 0 aliphatic carbocycles. The SMILES string of the molecule is Cc1c(N)cccc1C(=O)NC(C)CCc1ccco1. The average Bonchev–Trinajstić information content (AvgIpc) is 2.92. The van der Waals surface area contributed by atoms with Gasteiger partial charge in [0.2, 0.25) is 0 Å². The van der Waals surface area contributed by atoms with E-state index >= 15 is 0 Å². The number of carbonyl (C=O) groups is 1. The van der Waals surface area contributed by atoms with Crippen molar-refractivity contribution in [2.45, 2.75) is 32.7 Å². The zero-order chi connectivity index (χ0) is 14.5. The van der Waals surface area contributed by atoms with E-state index in [4.69, 9.17) is 10.2 Å². The number of nitrogens with one attached hydrogen (secondary N) is 1. The summed E-state index contributed by atoms with van der Waals surface area (Å²) >= 11 is 0. The van der Waals surface area contributed by atoms with Crippen LogP contribution in [0.5, 0.6) is 0 Å². The summed E-state index contributed by atoms with van der Waals surface area (Å²) in [6.45, 7) is 3.85. The quantitative estimate of drug-likeness (QED) is 0.822. The Bertz CT molecular complexity index is 576. The highest BCUT2D eigenvalue weighted by Crippen LogP contribution is 2.15. The van der Waals surface area contributed by atoms with Crippen molar-refractivity contribution >= 4 is 11.6 Å². The third kappa shape index (κ3) is 3.41. The molecule has 0 spiro atoms. The van der Waals surface area contributed by atoms with Gasteiger partial charge in [-0.2, -0.15) is 0 Å². The molecule has 1 atom stereocenters. The first-order chi connectivity index (χ1) is 9.58. The summed E-state index contributed by atoms with van der Waals surface area (Å²) in [7, 11) is 0. The molecule has 20 heavy (non-hydrogen) atoms. The van der Waals surface area contributed by atoms with Crippen LogP contribution >= 0.6 is 0 Å². The monoisotopic (exact) mass is 272 g/mol. The van der Waals surface area contributed by atoms with Gasteiger partial charge in [-0.15, -0.1) is 0 Å². The molecule has 3 N–H and O–H groups in total. The van der Waals surface area contributed by atoms with Crippen LogP contribution in [0.15, 0.2) is 41.0 Å². The van der Waals surface area contributed by atoms with Crippen LogP contribution in [0.3, 0.4) is 0 Å². The number of hydrogen-bond donors (Lipinski definition) is 2. The fourth-order valence-electron chi connectivity index (χ4n) is 2.09. The molecule has 0 radical (unpaired) electrons. The average molecular weight is 272 g/mol. The number of hydrogen-bond acceptors (Lipinski definition) is 3. The number of benzene rings is 1. The molecule has 2 aromatic rings. The van der Waals surface area contributed by atoms with Crippen molar-refractivity contribution in [1.82, 2.24) is 5.32 Å². The third-order valence-corrected chi connectivity index (χ3v) is 3.40. The topological polar surface area (TPSA) is 68.3 Å². The maximum atomic E-state index is 12.2. The van der Waals surface area contributed by atoms with Crippen LogP contribution in [0.1, 0.15) is 35.0 Å². The number of rotatable bonds is 5. The Morgan fingerprint density at radius 2 is 2.15 bits per heavy atom. The fraction of sp³-hybridized carbons (Fsp3) is 0.312. The van der Waals surface area contributed by atoms with Gasteiger partial charge >= 0.3 is 0 Å². The molecule has 106 valence electrons. The molecule has 0 aliphatic rings. The molecule has 0 saturated carbocycles. The Morgan fingerprint density at radius 1 is 1.35 bits per heavy atom. The second kappa shape index (κ2) is 6.28. The molecule has 0 fully saturated rings. The van der Waals surface area contributed by atoms with Crippen LogP contribution in [0.2, 0.25) is 0 Å². The Labute approximate surface area is 119 Å². The Morgan fingerprint density at radius 3 is 2.85 bits per heavy atom. The van der Waals surface area contributed by atoms with E-state index in [1.807, 2.05) is 26.0 Å². The normalized spacial score (nSPS) is 12.1. The number of nitrogen functional groups attached to an aromatic ring is 1. The van der Waals surface area contributed by atoms with Gasteiger partial charge < -0.3 is 15.5 Å². The van der Waals surface area contributed by atoms with Crippen LogP contribution in [0.4, 0.5) is 5.69 Å². The van der Waals surface area contributed by atoms with Gasteiger partial charge in [0.1, 0.15) is 5.76 Å². The molecule has 4 nitrogen and oxygen atoms in total. The van der Waals surface area contributed by atoms with E-state index in [9.17, 15) is 4.79 Å².